The molecule has 17 heteroatoms. The van der Waals surface area contributed by atoms with Crippen LogP contribution in [-0.4, -0.2) is 141 Å². The first kappa shape index (κ1) is 48.6. The van der Waals surface area contributed by atoms with Gasteiger partial charge in [-0.15, -0.1) is 10.2 Å². The number of nitrogens with one attached hydrogen (secondary N) is 3. The topological polar surface area (TPSA) is 192 Å². The van der Waals surface area contributed by atoms with E-state index >= 15 is 0 Å². The number of anilines is 3. The molecule has 6 aliphatic rings. The van der Waals surface area contributed by atoms with Crippen LogP contribution in [0.4, 0.5) is 17.5 Å². The minimum Gasteiger partial charge on any atom is -0.507 e. The van der Waals surface area contributed by atoms with Crippen molar-refractivity contribution in [2.45, 2.75) is 115 Å². The number of aromatic hydroxyl groups is 1. The third-order valence-corrected chi connectivity index (χ3v) is 16.4. The molecule has 5 fully saturated rings. The molecule has 3 amide bonds. The number of hydrogen-bond donors (Lipinski definition) is 5. The number of benzene rings is 2. The molecular weight excluding hydrogens is 918 g/mol. The summed E-state index contributed by atoms with van der Waals surface area (Å²) in [5.74, 6) is 7.08. The summed E-state index contributed by atoms with van der Waals surface area (Å²) in [7, 11) is 0. The van der Waals surface area contributed by atoms with Gasteiger partial charge in [-0.05, 0) is 129 Å². The summed E-state index contributed by atoms with van der Waals surface area (Å²) >= 11 is 5.97. The van der Waals surface area contributed by atoms with Crippen LogP contribution in [0.5, 0.6) is 5.75 Å². The summed E-state index contributed by atoms with van der Waals surface area (Å²) < 4.78 is 0. The van der Waals surface area contributed by atoms with Gasteiger partial charge >= 0.3 is 0 Å². The minimum atomic E-state index is -0.858. The standard InChI is InChI=1S/C54H66ClN11O5/c1-53(2,3)47(51(71)66-33-41(67)25-45(66)50(70)56-20-6-7-34-10-12-38(55)13-11-34)60-49(69)36-14-18-54(19-15-36)27-39(28-54)63-21-16-35(17-22-63)37-29-58-52(59-30-37)64-23-24-65-40(32-64)31-57-48-44(65)26-43(61-62-48)42-8-4-5-9-46(42)68/h4-5,8-13,26,29-30,35-36,39-41,45,47,67-68H,14-25,27-28,31-33H2,1-3H3,(H,56,70)(H,57,62)(H,60,69)/t36?,39?,40-,41+,45-,47+,54?/m0/s1. The summed E-state index contributed by atoms with van der Waals surface area (Å²) in [5, 5.41) is 39.9. The number of carbonyl (C=O) groups excluding carboxylic acids is 3. The lowest BCUT2D eigenvalue weighted by Crippen LogP contribution is -2.59. The van der Waals surface area contributed by atoms with Gasteiger partial charge in [0.25, 0.3) is 0 Å². The monoisotopic (exact) mass is 983 g/mol. The van der Waals surface area contributed by atoms with Crippen molar-refractivity contribution in [3.63, 3.8) is 0 Å². The summed E-state index contributed by atoms with van der Waals surface area (Å²) in [5.41, 5.74) is 3.94. The van der Waals surface area contributed by atoms with Crippen molar-refractivity contribution in [3.05, 3.63) is 83.1 Å². The normalized spacial score (nSPS) is 26.0. The molecule has 0 bridgehead atoms. The first-order valence-electron chi connectivity index (χ1n) is 25.5. The van der Waals surface area contributed by atoms with Crippen LogP contribution in [-0.2, 0) is 14.4 Å². The van der Waals surface area contributed by atoms with Crippen molar-refractivity contribution >= 4 is 46.8 Å². The highest BCUT2D eigenvalue weighted by Crippen LogP contribution is 2.55. The van der Waals surface area contributed by atoms with Crippen LogP contribution >= 0.6 is 11.6 Å². The van der Waals surface area contributed by atoms with Gasteiger partial charge in [-0.1, -0.05) is 56.3 Å². The molecule has 16 nitrogen and oxygen atoms in total. The molecule has 10 rings (SSSR count). The Labute approximate surface area is 421 Å². The van der Waals surface area contributed by atoms with Crippen molar-refractivity contribution < 1.29 is 24.6 Å². The van der Waals surface area contributed by atoms with E-state index in [0.717, 1.165) is 101 Å². The third kappa shape index (κ3) is 10.5. The van der Waals surface area contributed by atoms with E-state index in [1.165, 1.54) is 23.3 Å². The third-order valence-electron chi connectivity index (χ3n) is 16.2. The van der Waals surface area contributed by atoms with Crippen LogP contribution < -0.4 is 25.8 Å². The first-order valence-corrected chi connectivity index (χ1v) is 25.9. The zero-order chi connectivity index (χ0) is 49.4. The number of rotatable bonds is 9. The Morgan fingerprint density at radius 1 is 0.915 bits per heavy atom. The van der Waals surface area contributed by atoms with Gasteiger partial charge in [-0.3, -0.25) is 14.4 Å². The maximum Gasteiger partial charge on any atom is 0.246 e. The van der Waals surface area contributed by atoms with Crippen molar-refractivity contribution in [2.75, 3.05) is 67.5 Å². The van der Waals surface area contributed by atoms with E-state index in [4.69, 9.17) is 21.6 Å². The van der Waals surface area contributed by atoms with Gasteiger partial charge < -0.3 is 45.8 Å². The molecule has 4 aliphatic heterocycles. The molecule has 2 aromatic carbocycles. The Bertz CT molecular complexity index is 2650. The van der Waals surface area contributed by atoms with Gasteiger partial charge in [0.05, 0.1) is 30.1 Å². The van der Waals surface area contributed by atoms with Crippen LogP contribution in [0.25, 0.3) is 11.3 Å². The number of halogens is 1. The van der Waals surface area contributed by atoms with Gasteiger partial charge in [-0.2, -0.15) is 0 Å². The van der Waals surface area contributed by atoms with Gasteiger partial charge in [0.1, 0.15) is 17.8 Å². The molecule has 3 saturated heterocycles. The Balaban J connectivity index is 0.663. The fraction of sp³-hybridized carbons (Fsp3) is 0.537. The number of amides is 3. The molecule has 4 aromatic rings. The molecule has 2 aromatic heterocycles. The summed E-state index contributed by atoms with van der Waals surface area (Å²) in [6.45, 7) is 11.1. The average Bonchev–Trinajstić information content (AvgIpc) is 3.77. The smallest absolute Gasteiger partial charge is 0.246 e. The molecule has 1 spiro atoms. The highest BCUT2D eigenvalue weighted by molar-refractivity contribution is 6.30. The number of phenolic OH excluding ortho intramolecular Hbond substituents is 1. The Hall–Kier alpha value is -6.02. The molecule has 6 heterocycles. The van der Waals surface area contributed by atoms with Gasteiger partial charge in [0, 0.05) is 79.6 Å². The maximum absolute atomic E-state index is 14.2. The Kier molecular flexibility index (Phi) is 13.9. The number of carbonyl (C=O) groups is 3. The number of hydrogen-bond acceptors (Lipinski definition) is 13. The number of β-amino-alcohol motifs (C(OH)–C–C–N with tert-alkyl or cyclic N) is 1. The SMILES string of the molecule is CC(C)(C)[C@H](NC(=O)C1CCC2(CC1)CC(N1CCC(c3cnc(N4CCN5c6cc(-c7ccccc7O)nnc6NC[C@H]5C4)nc3)CC1)C2)C(=O)N1C[C@H](O)C[C@H]1C(=O)NCC#Cc1ccc(Cl)cc1. The van der Waals surface area contributed by atoms with Gasteiger partial charge in [-0.25, -0.2) is 9.97 Å². The number of piperazine rings is 1. The fourth-order valence-electron chi connectivity index (χ4n) is 12.0. The molecule has 4 atom stereocenters. The quantitative estimate of drug-likeness (QED) is 0.131. The summed E-state index contributed by atoms with van der Waals surface area (Å²) in [4.78, 5) is 60.0. The van der Waals surface area contributed by atoms with E-state index in [-0.39, 0.29) is 60.4 Å². The zero-order valence-electron chi connectivity index (χ0n) is 41.0. The van der Waals surface area contributed by atoms with Crippen LogP contribution in [0.2, 0.25) is 5.02 Å². The summed E-state index contributed by atoms with van der Waals surface area (Å²) in [6, 6.07) is 15.4. The lowest BCUT2D eigenvalue weighted by Gasteiger charge is -2.55. The van der Waals surface area contributed by atoms with E-state index in [2.05, 4.69) is 52.7 Å². The summed E-state index contributed by atoms with van der Waals surface area (Å²) in [6.07, 6.45) is 11.5. The second kappa shape index (κ2) is 20.2. The molecule has 0 unspecified atom stereocenters. The van der Waals surface area contributed by atoms with Crippen molar-refractivity contribution in [2.24, 2.45) is 16.7 Å². The van der Waals surface area contributed by atoms with Crippen molar-refractivity contribution in [1.82, 2.24) is 40.6 Å². The van der Waals surface area contributed by atoms with E-state index in [0.29, 0.717) is 28.2 Å². The largest absolute Gasteiger partial charge is 0.507 e. The van der Waals surface area contributed by atoms with Crippen LogP contribution in [0.15, 0.2) is 67.0 Å². The van der Waals surface area contributed by atoms with E-state index in [1.54, 1.807) is 36.4 Å². The maximum atomic E-state index is 14.2. The second-order valence-electron chi connectivity index (χ2n) is 21.8. The fourth-order valence-corrected chi connectivity index (χ4v) is 12.1. The number of phenols is 1. The number of aliphatic hydroxyl groups is 1. The highest BCUT2D eigenvalue weighted by Gasteiger charge is 2.50. The predicted molar refractivity (Wildman–Crippen MR) is 273 cm³/mol. The van der Waals surface area contributed by atoms with E-state index < -0.39 is 23.6 Å². The van der Waals surface area contributed by atoms with Crippen LogP contribution in [0, 0.1) is 28.6 Å². The molecular formula is C54H66ClN11O5. The number of nitrogens with zero attached hydrogens (tertiary/aromatic N) is 8. The molecule has 2 saturated carbocycles. The lowest BCUT2D eigenvalue weighted by atomic mass is 9.56. The number of aromatic nitrogens is 4. The molecule has 5 N–H and O–H groups in total. The van der Waals surface area contributed by atoms with Crippen molar-refractivity contribution in [1.29, 1.82) is 0 Å². The molecule has 71 heavy (non-hydrogen) atoms. The van der Waals surface area contributed by atoms with Gasteiger partial charge in [0.2, 0.25) is 23.7 Å². The van der Waals surface area contributed by atoms with Gasteiger partial charge in [0.15, 0.2) is 5.82 Å². The predicted octanol–water partition coefficient (Wildman–Crippen LogP) is 5.59. The lowest BCUT2D eigenvalue weighted by molar-refractivity contribution is -0.145. The number of fused-ring (bicyclic) bond motifs is 3. The van der Waals surface area contributed by atoms with Crippen molar-refractivity contribution in [3.8, 4) is 28.8 Å². The number of piperidine rings is 1. The Morgan fingerprint density at radius 3 is 2.37 bits per heavy atom. The molecule has 0 radical (unpaired) electrons. The second-order valence-corrected chi connectivity index (χ2v) is 22.3. The Morgan fingerprint density at radius 2 is 1.65 bits per heavy atom. The van der Waals surface area contributed by atoms with Crippen LogP contribution in [0.1, 0.15) is 95.6 Å². The number of aliphatic hydroxyl groups excluding tert-OH is 1. The van der Waals surface area contributed by atoms with E-state index in [9.17, 15) is 24.6 Å². The molecule has 374 valence electrons. The molecule has 2 aliphatic carbocycles. The number of likely N-dealkylation sites (tertiary alicyclic amines) is 2. The van der Waals surface area contributed by atoms with E-state index in [1.807, 2.05) is 51.4 Å². The highest BCUT2D eigenvalue weighted by atomic mass is 35.5. The minimum absolute atomic E-state index is 0.0274. The average molecular weight is 985 g/mol. The van der Waals surface area contributed by atoms with Crippen LogP contribution in [0.3, 0.4) is 0 Å². The first-order chi connectivity index (χ1) is 34.2. The number of para-hydroxylation sites is 1. The zero-order valence-corrected chi connectivity index (χ0v) is 41.7.